The highest BCUT2D eigenvalue weighted by molar-refractivity contribution is 5.95. The van der Waals surface area contributed by atoms with Crippen molar-refractivity contribution >= 4 is 22.5 Å². The first-order valence-corrected chi connectivity index (χ1v) is 7.77. The van der Waals surface area contributed by atoms with Crippen molar-refractivity contribution in [1.82, 2.24) is 4.57 Å². The standard InChI is InChI=1S/C17H22N2O2/c1-2-9-19-10-8-12-11-13(6-7-15(12)19)18-17(21)14-4-3-5-16(14)20/h6-8,10-11,14,16,20H,2-5,9H2,1H3,(H,18,21). The largest absolute Gasteiger partial charge is 0.392 e. The maximum absolute atomic E-state index is 12.2. The number of aliphatic hydroxyl groups is 1. The van der Waals surface area contributed by atoms with E-state index in [0.29, 0.717) is 0 Å². The van der Waals surface area contributed by atoms with Gasteiger partial charge < -0.3 is 15.0 Å². The summed E-state index contributed by atoms with van der Waals surface area (Å²) in [5.74, 6) is -0.322. The minimum absolute atomic E-state index is 0.0626. The Morgan fingerprint density at radius 1 is 1.38 bits per heavy atom. The van der Waals surface area contributed by atoms with Crippen molar-refractivity contribution in [3.63, 3.8) is 0 Å². The molecule has 1 aromatic heterocycles. The summed E-state index contributed by atoms with van der Waals surface area (Å²) in [6.07, 6.45) is 5.14. The number of fused-ring (bicyclic) bond motifs is 1. The highest BCUT2D eigenvalue weighted by Gasteiger charge is 2.31. The number of benzene rings is 1. The second-order valence-electron chi connectivity index (χ2n) is 5.88. The van der Waals surface area contributed by atoms with Gasteiger partial charge in [-0.05, 0) is 49.9 Å². The molecule has 0 aliphatic heterocycles. The zero-order valence-corrected chi connectivity index (χ0v) is 12.4. The van der Waals surface area contributed by atoms with Crippen LogP contribution >= 0.6 is 0 Å². The fourth-order valence-electron chi connectivity index (χ4n) is 3.20. The minimum Gasteiger partial charge on any atom is -0.392 e. The molecule has 1 heterocycles. The molecule has 2 unspecified atom stereocenters. The van der Waals surface area contributed by atoms with Crippen molar-refractivity contribution in [2.45, 2.75) is 45.3 Å². The number of hydrogen-bond donors (Lipinski definition) is 2. The molecule has 4 heteroatoms. The lowest BCUT2D eigenvalue weighted by Crippen LogP contribution is -2.28. The van der Waals surface area contributed by atoms with E-state index in [9.17, 15) is 9.90 Å². The van der Waals surface area contributed by atoms with Crippen LogP contribution in [0, 0.1) is 5.92 Å². The Morgan fingerprint density at radius 3 is 2.95 bits per heavy atom. The van der Waals surface area contributed by atoms with E-state index in [4.69, 9.17) is 0 Å². The Bertz CT molecular complexity index is 647. The monoisotopic (exact) mass is 286 g/mol. The van der Waals surface area contributed by atoms with Gasteiger partial charge in [-0.25, -0.2) is 0 Å². The fraction of sp³-hybridized carbons (Fsp3) is 0.471. The molecule has 1 aromatic carbocycles. The molecule has 0 saturated heterocycles. The van der Waals surface area contributed by atoms with Gasteiger partial charge in [0.25, 0.3) is 0 Å². The molecule has 0 radical (unpaired) electrons. The first-order chi connectivity index (χ1) is 10.2. The highest BCUT2D eigenvalue weighted by Crippen LogP contribution is 2.27. The van der Waals surface area contributed by atoms with E-state index in [1.54, 1.807) is 0 Å². The third kappa shape index (κ3) is 2.81. The lowest BCUT2D eigenvalue weighted by Gasteiger charge is -2.14. The van der Waals surface area contributed by atoms with Gasteiger partial charge in [-0.2, -0.15) is 0 Å². The van der Waals surface area contributed by atoms with Crippen LogP contribution in [0.3, 0.4) is 0 Å². The van der Waals surface area contributed by atoms with Gasteiger partial charge in [0.1, 0.15) is 0 Å². The number of carbonyl (C=O) groups is 1. The van der Waals surface area contributed by atoms with Gasteiger partial charge in [0.2, 0.25) is 5.91 Å². The molecule has 0 spiro atoms. The molecule has 4 nitrogen and oxygen atoms in total. The third-order valence-corrected chi connectivity index (χ3v) is 4.32. The molecule has 0 bridgehead atoms. The maximum Gasteiger partial charge on any atom is 0.230 e. The zero-order valence-electron chi connectivity index (χ0n) is 12.4. The molecule has 21 heavy (non-hydrogen) atoms. The molecule has 1 fully saturated rings. The van der Waals surface area contributed by atoms with Crippen LogP contribution in [0.2, 0.25) is 0 Å². The van der Waals surface area contributed by atoms with E-state index in [1.807, 2.05) is 18.2 Å². The number of carbonyl (C=O) groups excluding carboxylic acids is 1. The van der Waals surface area contributed by atoms with Crippen LogP contribution in [-0.4, -0.2) is 21.7 Å². The van der Waals surface area contributed by atoms with Gasteiger partial charge in [0.15, 0.2) is 0 Å². The molecule has 1 aliphatic rings. The van der Waals surface area contributed by atoms with Crippen LogP contribution in [0.25, 0.3) is 10.9 Å². The molecule has 2 atom stereocenters. The molecule has 1 aliphatic carbocycles. The quantitative estimate of drug-likeness (QED) is 0.907. The molecule has 1 amide bonds. The van der Waals surface area contributed by atoms with Gasteiger partial charge in [-0.3, -0.25) is 4.79 Å². The summed E-state index contributed by atoms with van der Waals surface area (Å²) in [6, 6.07) is 8.06. The molecule has 112 valence electrons. The van der Waals surface area contributed by atoms with Crippen LogP contribution in [0.4, 0.5) is 5.69 Å². The third-order valence-electron chi connectivity index (χ3n) is 4.32. The van der Waals surface area contributed by atoms with Crippen LogP contribution in [0.5, 0.6) is 0 Å². The van der Waals surface area contributed by atoms with Crippen molar-refractivity contribution in [2.24, 2.45) is 5.92 Å². The highest BCUT2D eigenvalue weighted by atomic mass is 16.3. The minimum atomic E-state index is -0.487. The fourth-order valence-corrected chi connectivity index (χ4v) is 3.20. The normalized spacial score (nSPS) is 21.8. The van der Waals surface area contributed by atoms with Crippen molar-refractivity contribution in [1.29, 1.82) is 0 Å². The summed E-state index contributed by atoms with van der Waals surface area (Å²) in [7, 11) is 0. The molecule has 1 saturated carbocycles. The van der Waals surface area contributed by atoms with E-state index in [2.05, 4.69) is 29.1 Å². The Labute approximate surface area is 124 Å². The SMILES string of the molecule is CCCn1ccc2cc(NC(=O)C3CCCC3O)ccc21. The predicted molar refractivity (Wildman–Crippen MR) is 84.2 cm³/mol. The van der Waals surface area contributed by atoms with E-state index in [-0.39, 0.29) is 11.8 Å². The molecule has 3 rings (SSSR count). The van der Waals surface area contributed by atoms with Crippen LogP contribution in [0.15, 0.2) is 30.5 Å². The topological polar surface area (TPSA) is 54.3 Å². The Kier molecular flexibility index (Phi) is 3.97. The van der Waals surface area contributed by atoms with E-state index < -0.39 is 6.10 Å². The van der Waals surface area contributed by atoms with Crippen molar-refractivity contribution in [3.8, 4) is 0 Å². The number of aliphatic hydroxyl groups excluding tert-OH is 1. The van der Waals surface area contributed by atoms with E-state index >= 15 is 0 Å². The lowest BCUT2D eigenvalue weighted by molar-refractivity contribution is -0.122. The van der Waals surface area contributed by atoms with E-state index in [0.717, 1.165) is 43.3 Å². The second-order valence-corrected chi connectivity index (χ2v) is 5.88. The second kappa shape index (κ2) is 5.90. The van der Waals surface area contributed by atoms with Gasteiger partial charge in [-0.15, -0.1) is 0 Å². The molecular formula is C17H22N2O2. The summed E-state index contributed by atoms with van der Waals surface area (Å²) in [4.78, 5) is 12.2. The number of rotatable bonds is 4. The number of aromatic nitrogens is 1. The Hall–Kier alpha value is -1.81. The number of anilines is 1. The number of nitrogens with zero attached hydrogens (tertiary/aromatic N) is 1. The first-order valence-electron chi connectivity index (χ1n) is 7.77. The first kappa shape index (κ1) is 14.1. The number of hydrogen-bond acceptors (Lipinski definition) is 2. The molecular weight excluding hydrogens is 264 g/mol. The number of nitrogens with one attached hydrogen (secondary N) is 1. The summed E-state index contributed by atoms with van der Waals surface area (Å²) in [5.41, 5.74) is 2.00. The smallest absolute Gasteiger partial charge is 0.230 e. The zero-order chi connectivity index (χ0) is 14.8. The number of amides is 1. The summed E-state index contributed by atoms with van der Waals surface area (Å²) < 4.78 is 2.22. The predicted octanol–water partition coefficient (Wildman–Crippen LogP) is 3.15. The van der Waals surface area contributed by atoms with Crippen LogP contribution in [0.1, 0.15) is 32.6 Å². The maximum atomic E-state index is 12.2. The lowest BCUT2D eigenvalue weighted by atomic mass is 10.1. The van der Waals surface area contributed by atoms with Crippen molar-refractivity contribution in [3.05, 3.63) is 30.5 Å². The molecule has 2 aromatic rings. The average Bonchev–Trinajstić information content (AvgIpc) is 3.06. The molecule has 2 N–H and O–H groups in total. The number of aryl methyl sites for hydroxylation is 1. The van der Waals surface area contributed by atoms with Gasteiger partial charge in [-0.1, -0.05) is 6.92 Å². The van der Waals surface area contributed by atoms with Crippen LogP contribution < -0.4 is 5.32 Å². The van der Waals surface area contributed by atoms with Crippen LogP contribution in [-0.2, 0) is 11.3 Å². The Morgan fingerprint density at radius 2 is 2.24 bits per heavy atom. The van der Waals surface area contributed by atoms with Gasteiger partial charge >= 0.3 is 0 Å². The Balaban J connectivity index is 1.77. The summed E-state index contributed by atoms with van der Waals surface area (Å²) in [5, 5.41) is 13.9. The summed E-state index contributed by atoms with van der Waals surface area (Å²) in [6.45, 7) is 3.16. The van der Waals surface area contributed by atoms with Gasteiger partial charge in [0.05, 0.1) is 12.0 Å². The van der Waals surface area contributed by atoms with Crippen molar-refractivity contribution < 1.29 is 9.90 Å². The van der Waals surface area contributed by atoms with Gasteiger partial charge in [0, 0.05) is 29.3 Å². The average molecular weight is 286 g/mol. The van der Waals surface area contributed by atoms with E-state index in [1.165, 1.54) is 5.52 Å². The summed E-state index contributed by atoms with van der Waals surface area (Å²) >= 11 is 0. The van der Waals surface area contributed by atoms with Crippen molar-refractivity contribution in [2.75, 3.05) is 5.32 Å².